The summed E-state index contributed by atoms with van der Waals surface area (Å²) in [6.07, 6.45) is 7.98. The SMILES string of the molecule is CCCC\C(C)=C(C)/C(=C\C=C1\C(N)c2ccccc2C1(C)C)C(C)=S. The molecule has 1 aliphatic carbocycles. The van der Waals surface area contributed by atoms with Crippen molar-refractivity contribution in [1.82, 2.24) is 0 Å². The number of hydrogen-bond acceptors (Lipinski definition) is 2. The molecule has 0 radical (unpaired) electrons. The third-order valence-electron chi connectivity index (χ3n) is 5.78. The monoisotopic (exact) mass is 367 g/mol. The highest BCUT2D eigenvalue weighted by Gasteiger charge is 2.39. The molecule has 1 atom stereocenters. The average molecular weight is 368 g/mol. The number of thiocarbonyl (C=S) groups is 1. The lowest BCUT2D eigenvalue weighted by atomic mass is 9.82. The van der Waals surface area contributed by atoms with Crippen molar-refractivity contribution in [3.63, 3.8) is 0 Å². The Morgan fingerprint density at radius 3 is 2.42 bits per heavy atom. The molecular formula is C24H33NS. The van der Waals surface area contributed by atoms with Gasteiger partial charge in [-0.25, -0.2) is 0 Å². The summed E-state index contributed by atoms with van der Waals surface area (Å²) in [6, 6.07) is 8.48. The highest BCUT2D eigenvalue weighted by atomic mass is 32.1. The lowest BCUT2D eigenvalue weighted by molar-refractivity contribution is 0.620. The highest BCUT2D eigenvalue weighted by Crippen LogP contribution is 2.47. The van der Waals surface area contributed by atoms with Crippen LogP contribution < -0.4 is 5.73 Å². The molecule has 1 aliphatic rings. The molecule has 0 fully saturated rings. The van der Waals surface area contributed by atoms with Gasteiger partial charge in [-0.3, -0.25) is 0 Å². The molecule has 2 rings (SSSR count). The molecule has 1 aromatic rings. The first-order chi connectivity index (χ1) is 12.2. The normalized spacial score (nSPS) is 21.6. The number of rotatable bonds is 6. The first kappa shape index (κ1) is 20.8. The summed E-state index contributed by atoms with van der Waals surface area (Å²) >= 11 is 5.56. The minimum Gasteiger partial charge on any atom is -0.320 e. The van der Waals surface area contributed by atoms with E-state index in [9.17, 15) is 0 Å². The van der Waals surface area contributed by atoms with E-state index in [1.807, 2.05) is 6.92 Å². The predicted molar refractivity (Wildman–Crippen MR) is 119 cm³/mol. The zero-order valence-electron chi connectivity index (χ0n) is 17.1. The second-order valence-corrected chi connectivity index (χ2v) is 8.57. The summed E-state index contributed by atoms with van der Waals surface area (Å²) in [4.78, 5) is 0.942. The van der Waals surface area contributed by atoms with Crippen LogP contribution in [0.1, 0.15) is 78.0 Å². The molecule has 26 heavy (non-hydrogen) atoms. The van der Waals surface area contributed by atoms with Crippen LogP contribution in [0.15, 0.2) is 58.7 Å². The summed E-state index contributed by atoms with van der Waals surface area (Å²) in [5.41, 5.74) is 14.3. The number of hydrogen-bond donors (Lipinski definition) is 1. The number of benzene rings is 1. The maximum Gasteiger partial charge on any atom is 0.0525 e. The van der Waals surface area contributed by atoms with Gasteiger partial charge in [0.15, 0.2) is 0 Å². The molecule has 2 N–H and O–H groups in total. The van der Waals surface area contributed by atoms with Gasteiger partial charge in [0.25, 0.3) is 0 Å². The molecule has 1 unspecified atom stereocenters. The summed E-state index contributed by atoms with van der Waals surface area (Å²) in [5, 5.41) is 0. The van der Waals surface area contributed by atoms with E-state index in [1.54, 1.807) is 0 Å². The van der Waals surface area contributed by atoms with Crippen LogP contribution in [0.3, 0.4) is 0 Å². The van der Waals surface area contributed by atoms with E-state index in [4.69, 9.17) is 18.0 Å². The largest absolute Gasteiger partial charge is 0.320 e. The number of fused-ring (bicyclic) bond motifs is 1. The predicted octanol–water partition coefficient (Wildman–Crippen LogP) is 6.75. The standard InChI is InChI=1S/C24H33NS/c1-7-8-11-16(2)17(3)19(18(4)26)14-15-22-23(25)20-12-9-10-13-21(20)24(22,5)6/h9-10,12-15,23H,7-8,11,25H2,1-6H3/b17-16-,19-14+,22-15-. The lowest BCUT2D eigenvalue weighted by Gasteiger charge is -2.23. The fourth-order valence-corrected chi connectivity index (χ4v) is 4.12. The number of unbranched alkanes of at least 4 members (excludes halogenated alkanes) is 1. The van der Waals surface area contributed by atoms with Crippen LogP contribution in [0.5, 0.6) is 0 Å². The molecule has 0 aromatic heterocycles. The van der Waals surface area contributed by atoms with E-state index in [0.29, 0.717) is 0 Å². The maximum atomic E-state index is 6.59. The van der Waals surface area contributed by atoms with Crippen molar-refractivity contribution in [2.75, 3.05) is 0 Å². The number of nitrogens with two attached hydrogens (primary N) is 1. The van der Waals surface area contributed by atoms with Crippen LogP contribution in [-0.4, -0.2) is 4.86 Å². The first-order valence-electron chi connectivity index (χ1n) is 9.66. The van der Waals surface area contributed by atoms with E-state index in [2.05, 4.69) is 71.0 Å². The highest BCUT2D eigenvalue weighted by molar-refractivity contribution is 7.80. The number of allylic oxidation sites excluding steroid dienone is 5. The van der Waals surface area contributed by atoms with Gasteiger partial charge in [0.2, 0.25) is 0 Å². The summed E-state index contributed by atoms with van der Waals surface area (Å²) in [5.74, 6) is 0. The smallest absolute Gasteiger partial charge is 0.0525 e. The Labute approximate surface area is 165 Å². The van der Waals surface area contributed by atoms with Crippen LogP contribution in [0, 0.1) is 0 Å². The molecule has 0 saturated carbocycles. The molecule has 0 spiro atoms. The Balaban J connectivity index is 2.45. The van der Waals surface area contributed by atoms with Gasteiger partial charge in [-0.2, -0.15) is 0 Å². The average Bonchev–Trinajstić information content (AvgIpc) is 2.80. The van der Waals surface area contributed by atoms with Crippen LogP contribution in [0.25, 0.3) is 0 Å². The third kappa shape index (κ3) is 4.07. The van der Waals surface area contributed by atoms with E-state index in [0.717, 1.165) is 11.3 Å². The second kappa shape index (κ2) is 8.45. The van der Waals surface area contributed by atoms with Crippen molar-refractivity contribution >= 4 is 17.1 Å². The topological polar surface area (TPSA) is 26.0 Å². The van der Waals surface area contributed by atoms with Gasteiger partial charge >= 0.3 is 0 Å². The summed E-state index contributed by atoms with van der Waals surface area (Å²) < 4.78 is 0. The second-order valence-electron chi connectivity index (χ2n) is 7.96. The quantitative estimate of drug-likeness (QED) is 0.342. The van der Waals surface area contributed by atoms with E-state index < -0.39 is 0 Å². The van der Waals surface area contributed by atoms with Gasteiger partial charge in [-0.05, 0) is 61.5 Å². The molecule has 1 aromatic carbocycles. The van der Waals surface area contributed by atoms with Gasteiger partial charge in [0.05, 0.1) is 6.04 Å². The van der Waals surface area contributed by atoms with Crippen LogP contribution in [0.2, 0.25) is 0 Å². The molecule has 0 aliphatic heterocycles. The maximum absolute atomic E-state index is 6.59. The minimum atomic E-state index is -0.0537. The Morgan fingerprint density at radius 2 is 1.85 bits per heavy atom. The van der Waals surface area contributed by atoms with Gasteiger partial charge in [0, 0.05) is 10.3 Å². The van der Waals surface area contributed by atoms with Crippen molar-refractivity contribution in [2.45, 2.75) is 72.3 Å². The molecule has 2 heteroatoms. The van der Waals surface area contributed by atoms with Crippen molar-refractivity contribution in [3.05, 3.63) is 69.8 Å². The van der Waals surface area contributed by atoms with Crippen molar-refractivity contribution in [3.8, 4) is 0 Å². The van der Waals surface area contributed by atoms with Crippen molar-refractivity contribution < 1.29 is 0 Å². The van der Waals surface area contributed by atoms with Crippen LogP contribution >= 0.6 is 12.2 Å². The van der Waals surface area contributed by atoms with Crippen LogP contribution in [-0.2, 0) is 5.41 Å². The summed E-state index contributed by atoms with van der Waals surface area (Å²) in [7, 11) is 0. The van der Waals surface area contributed by atoms with Crippen molar-refractivity contribution in [1.29, 1.82) is 0 Å². The fraction of sp³-hybridized carbons (Fsp3) is 0.458. The third-order valence-corrected chi connectivity index (χ3v) is 6.00. The Morgan fingerprint density at radius 1 is 1.19 bits per heavy atom. The van der Waals surface area contributed by atoms with Gasteiger partial charge in [-0.1, -0.05) is 81.4 Å². The van der Waals surface area contributed by atoms with Gasteiger partial charge in [-0.15, -0.1) is 0 Å². The summed E-state index contributed by atoms with van der Waals surface area (Å²) in [6.45, 7) is 13.2. The van der Waals surface area contributed by atoms with Crippen LogP contribution in [0.4, 0.5) is 0 Å². The molecule has 0 bridgehead atoms. The lowest BCUT2D eigenvalue weighted by Crippen LogP contribution is -2.19. The molecule has 140 valence electrons. The zero-order chi connectivity index (χ0) is 19.5. The van der Waals surface area contributed by atoms with E-state index in [1.165, 1.54) is 46.3 Å². The fourth-order valence-electron chi connectivity index (χ4n) is 3.90. The van der Waals surface area contributed by atoms with Crippen molar-refractivity contribution in [2.24, 2.45) is 5.73 Å². The molecule has 0 amide bonds. The van der Waals surface area contributed by atoms with E-state index in [-0.39, 0.29) is 11.5 Å². The first-order valence-corrected chi connectivity index (χ1v) is 10.1. The molecule has 0 saturated heterocycles. The van der Waals surface area contributed by atoms with Gasteiger partial charge < -0.3 is 5.73 Å². The Hall–Kier alpha value is -1.51. The molecular weight excluding hydrogens is 334 g/mol. The molecule has 0 heterocycles. The molecule has 1 nitrogen and oxygen atoms in total. The minimum absolute atomic E-state index is 0.0467. The van der Waals surface area contributed by atoms with Gasteiger partial charge in [0.1, 0.15) is 0 Å². The Kier molecular flexibility index (Phi) is 6.76. The zero-order valence-corrected chi connectivity index (χ0v) is 18.0. The Bertz CT molecular complexity index is 777. The van der Waals surface area contributed by atoms with E-state index >= 15 is 0 Å².